The standard InChI is InChI=1S/C13H9BrFN3O3/c14-7-1-3-11(9(5-7)13(16)17)21-12-4-2-8(18(19)20)6-10(12)15/h1-6H,(H3,16,17). The monoisotopic (exact) mass is 353 g/mol. The average molecular weight is 354 g/mol. The van der Waals surface area contributed by atoms with Crippen LogP contribution in [0.15, 0.2) is 40.9 Å². The predicted molar refractivity (Wildman–Crippen MR) is 78.3 cm³/mol. The number of amidine groups is 1. The van der Waals surface area contributed by atoms with E-state index in [1.807, 2.05) is 0 Å². The first-order chi connectivity index (χ1) is 9.88. The van der Waals surface area contributed by atoms with E-state index >= 15 is 0 Å². The van der Waals surface area contributed by atoms with Gasteiger partial charge in [0, 0.05) is 10.5 Å². The van der Waals surface area contributed by atoms with Crippen molar-refractivity contribution in [1.29, 1.82) is 5.41 Å². The second-order valence-electron chi connectivity index (χ2n) is 4.03. The number of hydrogen-bond donors (Lipinski definition) is 2. The van der Waals surface area contributed by atoms with Crippen LogP contribution in [-0.4, -0.2) is 10.8 Å². The van der Waals surface area contributed by atoms with E-state index in [0.717, 1.165) is 18.2 Å². The van der Waals surface area contributed by atoms with E-state index in [1.165, 1.54) is 6.07 Å². The third kappa shape index (κ3) is 3.34. The molecule has 8 heteroatoms. The molecule has 0 heterocycles. The summed E-state index contributed by atoms with van der Waals surface area (Å²) in [4.78, 5) is 9.85. The molecule has 2 rings (SSSR count). The van der Waals surface area contributed by atoms with Crippen LogP contribution in [0.25, 0.3) is 0 Å². The van der Waals surface area contributed by atoms with E-state index in [0.29, 0.717) is 4.47 Å². The number of nitrogens with two attached hydrogens (primary N) is 1. The highest BCUT2D eigenvalue weighted by Crippen LogP contribution is 2.31. The van der Waals surface area contributed by atoms with Crippen LogP contribution in [0, 0.1) is 21.3 Å². The Morgan fingerprint density at radius 1 is 1.29 bits per heavy atom. The number of benzene rings is 2. The molecule has 108 valence electrons. The number of ether oxygens (including phenoxy) is 1. The van der Waals surface area contributed by atoms with Gasteiger partial charge in [-0.05, 0) is 24.3 Å². The van der Waals surface area contributed by atoms with Crippen LogP contribution < -0.4 is 10.5 Å². The first-order valence-corrected chi connectivity index (χ1v) is 6.43. The minimum absolute atomic E-state index is 0.179. The Hall–Kier alpha value is -2.48. The molecule has 0 aromatic heterocycles. The zero-order valence-corrected chi connectivity index (χ0v) is 12.1. The summed E-state index contributed by atoms with van der Waals surface area (Å²) >= 11 is 3.23. The minimum Gasteiger partial charge on any atom is -0.454 e. The van der Waals surface area contributed by atoms with Crippen LogP contribution in [0.2, 0.25) is 0 Å². The summed E-state index contributed by atoms with van der Waals surface area (Å²) in [5.41, 5.74) is 5.35. The Morgan fingerprint density at radius 2 is 1.95 bits per heavy atom. The van der Waals surface area contributed by atoms with E-state index in [9.17, 15) is 14.5 Å². The van der Waals surface area contributed by atoms with Crippen molar-refractivity contribution in [1.82, 2.24) is 0 Å². The minimum atomic E-state index is -0.873. The summed E-state index contributed by atoms with van der Waals surface area (Å²) in [6.07, 6.45) is 0. The highest BCUT2D eigenvalue weighted by Gasteiger charge is 2.14. The smallest absolute Gasteiger partial charge is 0.272 e. The average Bonchev–Trinajstić information content (AvgIpc) is 2.42. The lowest BCUT2D eigenvalue weighted by atomic mass is 10.2. The maximum atomic E-state index is 13.8. The Morgan fingerprint density at radius 3 is 2.52 bits per heavy atom. The van der Waals surface area contributed by atoms with Gasteiger partial charge in [0.1, 0.15) is 11.6 Å². The van der Waals surface area contributed by atoms with Crippen LogP contribution >= 0.6 is 15.9 Å². The third-order valence-electron chi connectivity index (χ3n) is 2.58. The molecule has 21 heavy (non-hydrogen) atoms. The molecule has 2 aromatic carbocycles. The zero-order chi connectivity index (χ0) is 15.6. The second kappa shape index (κ2) is 5.88. The molecule has 0 aliphatic rings. The molecule has 0 aliphatic heterocycles. The molecule has 0 atom stereocenters. The number of nitrogen functional groups attached to an aromatic ring is 1. The van der Waals surface area contributed by atoms with Crippen molar-refractivity contribution in [3.8, 4) is 11.5 Å². The van der Waals surface area contributed by atoms with E-state index in [-0.39, 0.29) is 28.6 Å². The van der Waals surface area contributed by atoms with Gasteiger partial charge in [0.15, 0.2) is 11.6 Å². The zero-order valence-electron chi connectivity index (χ0n) is 10.5. The Bertz CT molecular complexity index is 737. The van der Waals surface area contributed by atoms with Crippen LogP contribution in [0.1, 0.15) is 5.56 Å². The van der Waals surface area contributed by atoms with E-state index < -0.39 is 10.7 Å². The molecule has 0 saturated heterocycles. The molecule has 0 aliphatic carbocycles. The molecule has 6 nitrogen and oxygen atoms in total. The van der Waals surface area contributed by atoms with E-state index in [2.05, 4.69) is 15.9 Å². The molecular formula is C13H9BrFN3O3. The summed E-state index contributed by atoms with van der Waals surface area (Å²) in [6, 6.07) is 7.76. The SMILES string of the molecule is N=C(N)c1cc(Br)ccc1Oc1ccc([N+](=O)[O-])cc1F. The number of nitro groups is 1. The predicted octanol–water partition coefficient (Wildman–Crippen LogP) is 3.57. The van der Waals surface area contributed by atoms with Gasteiger partial charge >= 0.3 is 0 Å². The summed E-state index contributed by atoms with van der Waals surface area (Å²) in [7, 11) is 0. The number of nitrogens with zero attached hydrogens (tertiary/aromatic N) is 1. The molecule has 0 saturated carbocycles. The van der Waals surface area contributed by atoms with Gasteiger partial charge in [0.25, 0.3) is 5.69 Å². The normalized spacial score (nSPS) is 10.2. The summed E-state index contributed by atoms with van der Waals surface area (Å²) in [5, 5.41) is 18.0. The van der Waals surface area contributed by atoms with Gasteiger partial charge in [0.05, 0.1) is 16.6 Å². The van der Waals surface area contributed by atoms with Crippen LogP contribution in [0.5, 0.6) is 11.5 Å². The highest BCUT2D eigenvalue weighted by atomic mass is 79.9. The van der Waals surface area contributed by atoms with Gasteiger partial charge in [-0.15, -0.1) is 0 Å². The molecule has 3 N–H and O–H groups in total. The Labute approximate surface area is 127 Å². The highest BCUT2D eigenvalue weighted by molar-refractivity contribution is 9.10. The molecular weight excluding hydrogens is 345 g/mol. The number of non-ortho nitro benzene ring substituents is 1. The molecule has 0 bridgehead atoms. The van der Waals surface area contributed by atoms with Crippen molar-refractivity contribution in [3.05, 3.63) is 62.4 Å². The van der Waals surface area contributed by atoms with Crippen LogP contribution in [0.4, 0.5) is 10.1 Å². The number of hydrogen-bond acceptors (Lipinski definition) is 4. The van der Waals surface area contributed by atoms with E-state index in [1.54, 1.807) is 12.1 Å². The van der Waals surface area contributed by atoms with Crippen molar-refractivity contribution >= 4 is 27.5 Å². The molecule has 0 fully saturated rings. The largest absolute Gasteiger partial charge is 0.454 e. The van der Waals surface area contributed by atoms with Gasteiger partial charge in [-0.2, -0.15) is 0 Å². The Balaban J connectivity index is 2.39. The molecule has 0 radical (unpaired) electrons. The van der Waals surface area contributed by atoms with Crippen molar-refractivity contribution in [2.75, 3.05) is 0 Å². The van der Waals surface area contributed by atoms with Crippen molar-refractivity contribution in [3.63, 3.8) is 0 Å². The molecule has 0 spiro atoms. The first-order valence-electron chi connectivity index (χ1n) is 5.64. The molecule has 0 unspecified atom stereocenters. The van der Waals surface area contributed by atoms with E-state index in [4.69, 9.17) is 15.9 Å². The van der Waals surface area contributed by atoms with Gasteiger partial charge in [-0.1, -0.05) is 15.9 Å². The summed E-state index contributed by atoms with van der Waals surface area (Å²) in [5.74, 6) is -1.13. The number of nitrogens with one attached hydrogen (secondary N) is 1. The van der Waals surface area contributed by atoms with Crippen molar-refractivity contribution in [2.45, 2.75) is 0 Å². The van der Waals surface area contributed by atoms with Crippen LogP contribution in [0.3, 0.4) is 0 Å². The van der Waals surface area contributed by atoms with Gasteiger partial charge < -0.3 is 10.5 Å². The maximum absolute atomic E-state index is 13.8. The maximum Gasteiger partial charge on any atom is 0.272 e. The Kier molecular flexibility index (Phi) is 4.18. The topological polar surface area (TPSA) is 102 Å². The fourth-order valence-electron chi connectivity index (χ4n) is 1.61. The van der Waals surface area contributed by atoms with Crippen molar-refractivity contribution in [2.24, 2.45) is 5.73 Å². The lowest BCUT2D eigenvalue weighted by Crippen LogP contribution is -2.12. The molecule has 0 amide bonds. The number of nitro benzene ring substituents is 1. The third-order valence-corrected chi connectivity index (χ3v) is 3.07. The number of halogens is 2. The fraction of sp³-hybridized carbons (Fsp3) is 0. The fourth-order valence-corrected chi connectivity index (χ4v) is 1.97. The van der Waals surface area contributed by atoms with Crippen molar-refractivity contribution < 1.29 is 14.1 Å². The lowest BCUT2D eigenvalue weighted by Gasteiger charge is -2.11. The second-order valence-corrected chi connectivity index (χ2v) is 4.94. The van der Waals surface area contributed by atoms with Gasteiger partial charge in [0.2, 0.25) is 0 Å². The van der Waals surface area contributed by atoms with Gasteiger partial charge in [-0.3, -0.25) is 15.5 Å². The summed E-state index contributed by atoms with van der Waals surface area (Å²) in [6.45, 7) is 0. The quantitative estimate of drug-likeness (QED) is 0.379. The summed E-state index contributed by atoms with van der Waals surface area (Å²) < 4.78 is 19.8. The van der Waals surface area contributed by atoms with Crippen LogP contribution in [-0.2, 0) is 0 Å². The van der Waals surface area contributed by atoms with Gasteiger partial charge in [-0.25, -0.2) is 4.39 Å². The molecule has 2 aromatic rings. The lowest BCUT2D eigenvalue weighted by molar-refractivity contribution is -0.385. The number of rotatable bonds is 4. The first kappa shape index (κ1) is 14.9.